The van der Waals surface area contributed by atoms with Gasteiger partial charge in [-0.3, -0.25) is 4.79 Å². The minimum absolute atomic E-state index is 0.196. The molecule has 2 aliphatic rings. The van der Waals surface area contributed by atoms with Crippen LogP contribution in [-0.4, -0.2) is 22.3 Å². The van der Waals surface area contributed by atoms with Gasteiger partial charge in [0.05, 0.1) is 0 Å². The van der Waals surface area contributed by atoms with E-state index in [1.807, 2.05) is 0 Å². The van der Waals surface area contributed by atoms with Crippen LogP contribution >= 0.6 is 0 Å². The Bertz CT molecular complexity index is 713. The number of benzene rings is 1. The Morgan fingerprint density at radius 3 is 3.00 bits per heavy atom. The van der Waals surface area contributed by atoms with Crippen LogP contribution in [0.4, 0.5) is 0 Å². The quantitative estimate of drug-likeness (QED) is 0.798. The lowest BCUT2D eigenvalue weighted by molar-refractivity contribution is -0.136. The van der Waals surface area contributed by atoms with E-state index in [9.17, 15) is 4.79 Å². The summed E-state index contributed by atoms with van der Waals surface area (Å²) in [7, 11) is 0. The summed E-state index contributed by atoms with van der Waals surface area (Å²) in [5.74, 6) is 0.539. The van der Waals surface area contributed by atoms with E-state index in [4.69, 9.17) is 0 Å². The number of hydrogen-bond donors (Lipinski definition) is 1. The van der Waals surface area contributed by atoms with Crippen LogP contribution in [0.25, 0.3) is 10.9 Å². The highest BCUT2D eigenvalue weighted by molar-refractivity contribution is 5.86. The van der Waals surface area contributed by atoms with Gasteiger partial charge in [-0.1, -0.05) is 30.4 Å². The molecule has 3 nitrogen and oxygen atoms in total. The zero-order chi connectivity index (χ0) is 14.2. The lowest BCUT2D eigenvalue weighted by Crippen LogP contribution is -2.39. The third-order valence-electron chi connectivity index (χ3n) is 4.81. The number of nitrogens with zero attached hydrogens (tertiary/aromatic N) is 1. The molecule has 3 heteroatoms. The molecule has 21 heavy (non-hydrogen) atoms. The standard InChI is InChI=1S/C18H20N2O/c21-18(13-6-2-1-3-7-13)20-11-10-17-15(12-20)14-8-4-5-9-16(14)19-17/h1-2,4-5,8-9,13,19H,3,6-7,10-12H2/t13-/m0/s1. The van der Waals surface area contributed by atoms with Crippen LogP contribution in [-0.2, 0) is 17.8 Å². The third-order valence-corrected chi connectivity index (χ3v) is 4.81. The number of carbonyl (C=O) groups is 1. The molecule has 1 aromatic carbocycles. The Balaban J connectivity index is 1.61. The molecule has 1 aromatic heterocycles. The number of nitrogens with one attached hydrogen (secondary N) is 1. The summed E-state index contributed by atoms with van der Waals surface area (Å²) in [5.41, 5.74) is 3.82. The molecule has 1 aliphatic carbocycles. The van der Waals surface area contributed by atoms with E-state index in [-0.39, 0.29) is 5.92 Å². The molecule has 0 saturated heterocycles. The maximum absolute atomic E-state index is 12.7. The minimum atomic E-state index is 0.196. The van der Waals surface area contributed by atoms with Gasteiger partial charge in [0.1, 0.15) is 0 Å². The molecule has 0 saturated carbocycles. The maximum atomic E-state index is 12.7. The monoisotopic (exact) mass is 280 g/mol. The summed E-state index contributed by atoms with van der Waals surface area (Å²) in [4.78, 5) is 18.3. The first kappa shape index (κ1) is 12.7. The van der Waals surface area contributed by atoms with Gasteiger partial charge >= 0.3 is 0 Å². The SMILES string of the molecule is O=C([C@H]1CC=CCC1)N1CCc2[nH]c3ccccc3c2C1. The maximum Gasteiger partial charge on any atom is 0.226 e. The van der Waals surface area contributed by atoms with Crippen molar-refractivity contribution in [1.29, 1.82) is 0 Å². The average Bonchev–Trinajstić information content (AvgIpc) is 2.93. The predicted octanol–water partition coefficient (Wildman–Crippen LogP) is 3.41. The number of aromatic nitrogens is 1. The molecule has 0 bridgehead atoms. The zero-order valence-electron chi connectivity index (χ0n) is 12.1. The van der Waals surface area contributed by atoms with Crippen molar-refractivity contribution in [3.8, 4) is 0 Å². The summed E-state index contributed by atoms with van der Waals surface area (Å²) in [6.07, 6.45) is 8.26. The van der Waals surface area contributed by atoms with Crippen LogP contribution < -0.4 is 0 Å². The lowest BCUT2D eigenvalue weighted by Gasteiger charge is -2.31. The van der Waals surface area contributed by atoms with E-state index in [1.54, 1.807) is 0 Å². The van der Waals surface area contributed by atoms with Crippen LogP contribution in [0.1, 0.15) is 30.5 Å². The number of amides is 1. The second-order valence-corrected chi connectivity index (χ2v) is 6.12. The Labute approximate surface area is 124 Å². The molecule has 4 rings (SSSR count). The normalized spacial score (nSPS) is 21.5. The molecule has 0 spiro atoms. The highest BCUT2D eigenvalue weighted by Crippen LogP contribution is 2.29. The second kappa shape index (κ2) is 5.06. The second-order valence-electron chi connectivity index (χ2n) is 6.12. The third kappa shape index (κ3) is 2.17. The number of H-pyrrole nitrogens is 1. The van der Waals surface area contributed by atoms with Gasteiger partial charge in [-0.2, -0.15) is 0 Å². The van der Waals surface area contributed by atoms with E-state index in [0.29, 0.717) is 5.91 Å². The number of fused-ring (bicyclic) bond motifs is 3. The van der Waals surface area contributed by atoms with Crippen molar-refractivity contribution < 1.29 is 4.79 Å². The van der Waals surface area contributed by atoms with Crippen LogP contribution in [0.3, 0.4) is 0 Å². The smallest absolute Gasteiger partial charge is 0.226 e. The lowest BCUT2D eigenvalue weighted by atomic mass is 9.92. The van der Waals surface area contributed by atoms with Gasteiger partial charge in [0.25, 0.3) is 0 Å². The van der Waals surface area contributed by atoms with E-state index >= 15 is 0 Å². The highest BCUT2D eigenvalue weighted by atomic mass is 16.2. The summed E-state index contributed by atoms with van der Waals surface area (Å²) in [6.45, 7) is 1.61. The topological polar surface area (TPSA) is 36.1 Å². The Morgan fingerprint density at radius 1 is 1.24 bits per heavy atom. The Kier molecular flexibility index (Phi) is 3.06. The van der Waals surface area contributed by atoms with Crippen molar-refractivity contribution in [3.63, 3.8) is 0 Å². The largest absolute Gasteiger partial charge is 0.358 e. The van der Waals surface area contributed by atoms with E-state index in [1.165, 1.54) is 22.2 Å². The van der Waals surface area contributed by atoms with Crippen molar-refractivity contribution >= 4 is 16.8 Å². The van der Waals surface area contributed by atoms with Gasteiger partial charge < -0.3 is 9.88 Å². The number of hydrogen-bond acceptors (Lipinski definition) is 1. The molecule has 1 amide bonds. The highest BCUT2D eigenvalue weighted by Gasteiger charge is 2.28. The Morgan fingerprint density at radius 2 is 2.14 bits per heavy atom. The Hall–Kier alpha value is -2.03. The molecule has 0 unspecified atom stereocenters. The van der Waals surface area contributed by atoms with Crippen molar-refractivity contribution in [2.24, 2.45) is 5.92 Å². The fourth-order valence-corrected chi connectivity index (χ4v) is 3.63. The molecule has 1 aliphatic heterocycles. The molecule has 0 radical (unpaired) electrons. The van der Waals surface area contributed by atoms with Gasteiger partial charge in [0.15, 0.2) is 0 Å². The molecule has 108 valence electrons. The summed E-state index contributed by atoms with van der Waals surface area (Å²) >= 11 is 0. The van der Waals surface area contributed by atoms with Gasteiger partial charge in [-0.15, -0.1) is 0 Å². The minimum Gasteiger partial charge on any atom is -0.358 e. The van der Waals surface area contributed by atoms with Crippen LogP contribution in [0, 0.1) is 5.92 Å². The van der Waals surface area contributed by atoms with E-state index in [2.05, 4.69) is 46.3 Å². The predicted molar refractivity (Wildman–Crippen MR) is 83.9 cm³/mol. The average molecular weight is 280 g/mol. The number of carbonyl (C=O) groups excluding carboxylic acids is 1. The summed E-state index contributed by atoms with van der Waals surface area (Å²) < 4.78 is 0. The fourth-order valence-electron chi connectivity index (χ4n) is 3.63. The number of para-hydroxylation sites is 1. The van der Waals surface area contributed by atoms with Gasteiger partial charge in [0, 0.05) is 47.6 Å². The number of allylic oxidation sites excluding steroid dienone is 2. The van der Waals surface area contributed by atoms with Crippen molar-refractivity contribution in [2.45, 2.75) is 32.2 Å². The molecule has 0 fully saturated rings. The molecule has 1 atom stereocenters. The van der Waals surface area contributed by atoms with Crippen molar-refractivity contribution in [1.82, 2.24) is 9.88 Å². The van der Waals surface area contributed by atoms with Crippen LogP contribution in [0.2, 0.25) is 0 Å². The first-order chi connectivity index (χ1) is 10.3. The number of aromatic amines is 1. The van der Waals surface area contributed by atoms with Crippen LogP contribution in [0.5, 0.6) is 0 Å². The summed E-state index contributed by atoms with van der Waals surface area (Å²) in [6, 6.07) is 8.40. The summed E-state index contributed by atoms with van der Waals surface area (Å²) in [5, 5.41) is 1.27. The van der Waals surface area contributed by atoms with Gasteiger partial charge in [0.2, 0.25) is 5.91 Å². The van der Waals surface area contributed by atoms with Crippen LogP contribution in [0.15, 0.2) is 36.4 Å². The molecule has 2 aromatic rings. The number of rotatable bonds is 1. The molecule has 1 N–H and O–H groups in total. The van der Waals surface area contributed by atoms with Crippen molar-refractivity contribution in [2.75, 3.05) is 6.54 Å². The van der Waals surface area contributed by atoms with Gasteiger partial charge in [-0.05, 0) is 25.3 Å². The first-order valence-electron chi connectivity index (χ1n) is 7.85. The van der Waals surface area contributed by atoms with E-state index in [0.717, 1.165) is 38.8 Å². The van der Waals surface area contributed by atoms with Crippen molar-refractivity contribution in [3.05, 3.63) is 47.7 Å². The first-order valence-corrected chi connectivity index (χ1v) is 7.85. The molecular weight excluding hydrogens is 260 g/mol. The van der Waals surface area contributed by atoms with E-state index < -0.39 is 0 Å². The molecular formula is C18H20N2O. The zero-order valence-corrected chi connectivity index (χ0v) is 12.1. The molecule has 2 heterocycles. The van der Waals surface area contributed by atoms with Gasteiger partial charge in [-0.25, -0.2) is 0 Å². The fraction of sp³-hybridized carbons (Fsp3) is 0.389.